The number of hydrogen-bond donors (Lipinski definition) is 2. The van der Waals surface area contributed by atoms with Crippen molar-refractivity contribution >= 4 is 18.3 Å². The highest BCUT2D eigenvalue weighted by Gasteiger charge is 2.27. The van der Waals surface area contributed by atoms with Crippen LogP contribution in [0.15, 0.2) is 0 Å². The van der Waals surface area contributed by atoms with Crippen LogP contribution in [0.1, 0.15) is 19.8 Å². The molecule has 1 atom stereocenters. The van der Waals surface area contributed by atoms with Gasteiger partial charge in [0.15, 0.2) is 0 Å². The summed E-state index contributed by atoms with van der Waals surface area (Å²) in [7, 11) is 1.78. The number of amides is 1. The van der Waals surface area contributed by atoms with E-state index in [1.807, 2.05) is 6.92 Å². The maximum atomic E-state index is 11.7. The Bertz CT molecular complexity index is 200. The van der Waals surface area contributed by atoms with Gasteiger partial charge in [-0.2, -0.15) is 13.2 Å². The zero-order valence-corrected chi connectivity index (χ0v) is 10.2. The first-order valence-electron chi connectivity index (χ1n) is 4.83. The average Bonchev–Trinajstić information content (AvgIpc) is 2.11. The van der Waals surface area contributed by atoms with Gasteiger partial charge in [0, 0.05) is 13.0 Å². The molecule has 0 rings (SSSR count). The van der Waals surface area contributed by atoms with E-state index in [2.05, 4.69) is 10.6 Å². The molecule has 3 nitrogen and oxygen atoms in total. The summed E-state index contributed by atoms with van der Waals surface area (Å²) in [6, 6.07) is 0. The standard InChI is InChI=1S/C9H17F3N2O.ClH/c1-7(5-13-2)6-14-8(15)3-4-9(10,11)12;/h7,13H,3-6H2,1-2H3,(H,14,15);1H. The van der Waals surface area contributed by atoms with E-state index >= 15 is 0 Å². The van der Waals surface area contributed by atoms with E-state index < -0.39 is 24.9 Å². The number of alkyl halides is 3. The Morgan fingerprint density at radius 3 is 2.31 bits per heavy atom. The molecule has 1 amide bonds. The SMILES string of the molecule is CNCC(C)CNC(=O)CCC(F)(F)F.Cl. The number of carbonyl (C=O) groups is 1. The van der Waals surface area contributed by atoms with Crippen molar-refractivity contribution < 1.29 is 18.0 Å². The second-order valence-electron chi connectivity index (χ2n) is 3.58. The van der Waals surface area contributed by atoms with Crippen molar-refractivity contribution in [3.8, 4) is 0 Å². The van der Waals surface area contributed by atoms with Gasteiger partial charge in [0.2, 0.25) is 5.91 Å². The van der Waals surface area contributed by atoms with E-state index in [9.17, 15) is 18.0 Å². The smallest absolute Gasteiger partial charge is 0.356 e. The molecule has 0 saturated carbocycles. The molecule has 0 saturated heterocycles. The van der Waals surface area contributed by atoms with E-state index in [-0.39, 0.29) is 18.3 Å². The van der Waals surface area contributed by atoms with Crippen molar-refractivity contribution in [1.82, 2.24) is 10.6 Å². The lowest BCUT2D eigenvalue weighted by Crippen LogP contribution is -2.32. The van der Waals surface area contributed by atoms with Gasteiger partial charge in [-0.15, -0.1) is 12.4 Å². The fourth-order valence-electron chi connectivity index (χ4n) is 1.05. The molecule has 0 fully saturated rings. The van der Waals surface area contributed by atoms with Gasteiger partial charge < -0.3 is 10.6 Å². The Balaban J connectivity index is 0. The molecule has 16 heavy (non-hydrogen) atoms. The Morgan fingerprint density at radius 1 is 1.31 bits per heavy atom. The van der Waals surface area contributed by atoms with Crippen molar-refractivity contribution in [3.05, 3.63) is 0 Å². The summed E-state index contributed by atoms with van der Waals surface area (Å²) in [4.78, 5) is 11.0. The first-order valence-corrected chi connectivity index (χ1v) is 4.83. The van der Waals surface area contributed by atoms with Gasteiger partial charge in [0.05, 0.1) is 6.42 Å². The van der Waals surface area contributed by atoms with Crippen LogP contribution in [0.25, 0.3) is 0 Å². The van der Waals surface area contributed by atoms with E-state index in [0.29, 0.717) is 6.54 Å². The quantitative estimate of drug-likeness (QED) is 0.765. The summed E-state index contributed by atoms with van der Waals surface area (Å²) >= 11 is 0. The molecular formula is C9H18ClF3N2O. The molecule has 0 heterocycles. The van der Waals surface area contributed by atoms with Gasteiger partial charge in [-0.25, -0.2) is 0 Å². The lowest BCUT2D eigenvalue weighted by molar-refractivity contribution is -0.144. The van der Waals surface area contributed by atoms with Gasteiger partial charge in [-0.3, -0.25) is 4.79 Å². The van der Waals surface area contributed by atoms with Crippen LogP contribution in [-0.4, -0.2) is 32.2 Å². The Hall–Kier alpha value is -0.490. The van der Waals surface area contributed by atoms with Crippen molar-refractivity contribution in [2.45, 2.75) is 25.9 Å². The van der Waals surface area contributed by atoms with Gasteiger partial charge in [0.25, 0.3) is 0 Å². The second kappa shape index (κ2) is 8.64. The zero-order chi connectivity index (χ0) is 11.9. The van der Waals surface area contributed by atoms with Gasteiger partial charge in [-0.05, 0) is 19.5 Å². The van der Waals surface area contributed by atoms with Crippen LogP contribution in [0.5, 0.6) is 0 Å². The summed E-state index contributed by atoms with van der Waals surface area (Å²) < 4.78 is 35.2. The number of carbonyl (C=O) groups excluding carboxylic acids is 1. The minimum atomic E-state index is -4.26. The third-order valence-corrected chi connectivity index (χ3v) is 1.84. The average molecular weight is 263 g/mol. The number of rotatable bonds is 6. The Morgan fingerprint density at radius 2 is 1.88 bits per heavy atom. The number of hydrogen-bond acceptors (Lipinski definition) is 2. The molecule has 2 N–H and O–H groups in total. The highest BCUT2D eigenvalue weighted by atomic mass is 35.5. The van der Waals surface area contributed by atoms with E-state index in [4.69, 9.17) is 0 Å². The molecule has 1 unspecified atom stereocenters. The molecule has 0 spiro atoms. The third kappa shape index (κ3) is 11.6. The molecule has 0 bridgehead atoms. The van der Waals surface area contributed by atoms with Crippen molar-refractivity contribution in [3.63, 3.8) is 0 Å². The van der Waals surface area contributed by atoms with E-state index in [0.717, 1.165) is 6.54 Å². The fourth-order valence-corrected chi connectivity index (χ4v) is 1.05. The van der Waals surface area contributed by atoms with Crippen LogP contribution in [0.4, 0.5) is 13.2 Å². The zero-order valence-electron chi connectivity index (χ0n) is 9.36. The fraction of sp³-hybridized carbons (Fsp3) is 0.889. The van der Waals surface area contributed by atoms with Crippen LogP contribution in [0.2, 0.25) is 0 Å². The largest absolute Gasteiger partial charge is 0.389 e. The van der Waals surface area contributed by atoms with Crippen molar-refractivity contribution in [2.24, 2.45) is 5.92 Å². The van der Waals surface area contributed by atoms with Crippen LogP contribution in [-0.2, 0) is 4.79 Å². The first-order chi connectivity index (χ1) is 6.85. The second-order valence-corrected chi connectivity index (χ2v) is 3.58. The van der Waals surface area contributed by atoms with Crippen LogP contribution < -0.4 is 10.6 Å². The normalized spacial score (nSPS) is 12.8. The molecule has 0 aromatic carbocycles. The molecule has 0 aliphatic heterocycles. The maximum absolute atomic E-state index is 11.7. The monoisotopic (exact) mass is 262 g/mol. The summed E-state index contributed by atoms with van der Waals surface area (Å²) in [5.41, 5.74) is 0. The topological polar surface area (TPSA) is 41.1 Å². The van der Waals surface area contributed by atoms with Crippen LogP contribution >= 0.6 is 12.4 Å². The van der Waals surface area contributed by atoms with Gasteiger partial charge in [0.1, 0.15) is 0 Å². The minimum Gasteiger partial charge on any atom is -0.356 e. The van der Waals surface area contributed by atoms with Crippen LogP contribution in [0, 0.1) is 5.92 Å². The van der Waals surface area contributed by atoms with E-state index in [1.165, 1.54) is 0 Å². The molecular weight excluding hydrogens is 245 g/mol. The molecule has 98 valence electrons. The summed E-state index contributed by atoms with van der Waals surface area (Å²) in [5.74, 6) is -0.333. The summed E-state index contributed by atoms with van der Waals surface area (Å²) in [5, 5.41) is 5.38. The summed E-state index contributed by atoms with van der Waals surface area (Å²) in [6.45, 7) is 3.03. The molecule has 0 aliphatic carbocycles. The van der Waals surface area contributed by atoms with Gasteiger partial charge >= 0.3 is 6.18 Å². The van der Waals surface area contributed by atoms with Gasteiger partial charge in [-0.1, -0.05) is 6.92 Å². The highest BCUT2D eigenvalue weighted by molar-refractivity contribution is 5.85. The maximum Gasteiger partial charge on any atom is 0.389 e. The lowest BCUT2D eigenvalue weighted by Gasteiger charge is -2.12. The highest BCUT2D eigenvalue weighted by Crippen LogP contribution is 2.20. The number of nitrogens with one attached hydrogen (secondary N) is 2. The predicted octanol–water partition coefficient (Wildman–Crippen LogP) is 1.72. The first kappa shape index (κ1) is 17.9. The van der Waals surface area contributed by atoms with E-state index in [1.54, 1.807) is 7.05 Å². The third-order valence-electron chi connectivity index (χ3n) is 1.84. The van der Waals surface area contributed by atoms with Crippen molar-refractivity contribution in [1.29, 1.82) is 0 Å². The minimum absolute atomic E-state index is 0. The molecule has 0 aromatic heterocycles. The molecule has 0 aromatic rings. The molecule has 0 radical (unpaired) electrons. The summed E-state index contributed by atoms with van der Waals surface area (Å²) in [6.07, 6.45) is -5.80. The Kier molecular flexibility index (Phi) is 9.66. The predicted molar refractivity (Wildman–Crippen MR) is 58.6 cm³/mol. The molecule has 7 heteroatoms. The molecule has 0 aliphatic rings. The number of halogens is 4. The lowest BCUT2D eigenvalue weighted by atomic mass is 10.2. The van der Waals surface area contributed by atoms with Crippen molar-refractivity contribution in [2.75, 3.05) is 20.1 Å². The van der Waals surface area contributed by atoms with Crippen LogP contribution in [0.3, 0.4) is 0 Å². The Labute approximate surface area is 99.6 Å².